The van der Waals surface area contributed by atoms with Crippen molar-refractivity contribution in [1.82, 2.24) is 4.90 Å². The highest BCUT2D eigenvalue weighted by atomic mass is 16.6. The number of para-hydroxylation sites is 1. The fourth-order valence-electron chi connectivity index (χ4n) is 3.15. The van der Waals surface area contributed by atoms with E-state index in [0.717, 1.165) is 25.2 Å². The van der Waals surface area contributed by atoms with Gasteiger partial charge in [-0.15, -0.1) is 0 Å². The molecule has 0 saturated carbocycles. The van der Waals surface area contributed by atoms with E-state index in [1.165, 1.54) is 6.07 Å². The van der Waals surface area contributed by atoms with Crippen molar-refractivity contribution in [3.8, 4) is 0 Å². The highest BCUT2D eigenvalue weighted by Crippen LogP contribution is 2.22. The third-order valence-corrected chi connectivity index (χ3v) is 4.47. The Balaban J connectivity index is 1.51. The number of rotatable bonds is 6. The lowest BCUT2D eigenvalue weighted by Crippen LogP contribution is -2.33. The standard InChI is InChI=1S/C19H22N4O3/c1-14-7-8-16(11-18(14)23(25)26)21-19(24)13-22-10-9-17(12-22)20-15-5-3-2-4-6-15/h2-8,11,17,20H,9-10,12-13H2,1H3,(H,21,24). The number of nitro benzene ring substituents is 1. The molecule has 1 saturated heterocycles. The number of nitrogens with zero attached hydrogens (tertiary/aromatic N) is 2. The first-order valence-corrected chi connectivity index (χ1v) is 8.60. The lowest BCUT2D eigenvalue weighted by molar-refractivity contribution is -0.385. The second-order valence-corrected chi connectivity index (χ2v) is 6.54. The Bertz CT molecular complexity index is 795. The molecule has 0 bridgehead atoms. The molecule has 0 spiro atoms. The molecule has 1 aliphatic heterocycles. The van der Waals surface area contributed by atoms with Crippen molar-refractivity contribution in [2.75, 3.05) is 30.3 Å². The summed E-state index contributed by atoms with van der Waals surface area (Å²) in [7, 11) is 0. The lowest BCUT2D eigenvalue weighted by Gasteiger charge is -2.17. The molecule has 7 heteroatoms. The van der Waals surface area contributed by atoms with Crippen molar-refractivity contribution in [1.29, 1.82) is 0 Å². The van der Waals surface area contributed by atoms with Crippen molar-refractivity contribution in [3.05, 3.63) is 64.2 Å². The van der Waals surface area contributed by atoms with Crippen molar-refractivity contribution in [3.63, 3.8) is 0 Å². The van der Waals surface area contributed by atoms with E-state index in [1.54, 1.807) is 19.1 Å². The molecule has 1 amide bonds. The molecule has 1 fully saturated rings. The van der Waals surface area contributed by atoms with Crippen LogP contribution in [0.4, 0.5) is 17.1 Å². The molecular weight excluding hydrogens is 332 g/mol. The molecule has 1 aliphatic rings. The van der Waals surface area contributed by atoms with Gasteiger partial charge >= 0.3 is 0 Å². The summed E-state index contributed by atoms with van der Waals surface area (Å²) in [5.41, 5.74) is 2.11. The molecule has 2 aromatic carbocycles. The van der Waals surface area contributed by atoms with Crippen LogP contribution in [-0.4, -0.2) is 41.4 Å². The van der Waals surface area contributed by atoms with Gasteiger partial charge in [-0.05, 0) is 31.5 Å². The van der Waals surface area contributed by atoms with E-state index >= 15 is 0 Å². The minimum atomic E-state index is -0.439. The quantitative estimate of drug-likeness (QED) is 0.615. The summed E-state index contributed by atoms with van der Waals surface area (Å²) >= 11 is 0. The molecular formula is C19H22N4O3. The van der Waals surface area contributed by atoms with Crippen LogP contribution in [0.25, 0.3) is 0 Å². The molecule has 3 rings (SSSR count). The van der Waals surface area contributed by atoms with E-state index in [2.05, 4.69) is 15.5 Å². The Kier molecular flexibility index (Phi) is 5.48. The first-order chi connectivity index (χ1) is 12.5. The summed E-state index contributed by atoms with van der Waals surface area (Å²) < 4.78 is 0. The maximum absolute atomic E-state index is 12.3. The largest absolute Gasteiger partial charge is 0.381 e. The summed E-state index contributed by atoms with van der Waals surface area (Å²) in [6.45, 7) is 3.57. The normalized spacial score (nSPS) is 17.0. The topological polar surface area (TPSA) is 87.5 Å². The number of amides is 1. The zero-order valence-corrected chi connectivity index (χ0v) is 14.6. The van der Waals surface area contributed by atoms with Gasteiger partial charge in [0.2, 0.25) is 5.91 Å². The zero-order chi connectivity index (χ0) is 18.5. The lowest BCUT2D eigenvalue weighted by atomic mass is 10.2. The van der Waals surface area contributed by atoms with Crippen LogP contribution in [0.1, 0.15) is 12.0 Å². The summed E-state index contributed by atoms with van der Waals surface area (Å²) in [5.74, 6) is -0.163. The smallest absolute Gasteiger partial charge is 0.274 e. The Morgan fingerprint density at radius 2 is 2.00 bits per heavy atom. The minimum absolute atomic E-state index is 0.0103. The maximum Gasteiger partial charge on any atom is 0.274 e. The number of benzene rings is 2. The van der Waals surface area contributed by atoms with E-state index in [4.69, 9.17) is 0 Å². The number of anilines is 2. The third-order valence-electron chi connectivity index (χ3n) is 4.47. The van der Waals surface area contributed by atoms with Gasteiger partial charge in [-0.2, -0.15) is 0 Å². The van der Waals surface area contributed by atoms with Gasteiger partial charge in [0.25, 0.3) is 5.69 Å². The predicted molar refractivity (Wildman–Crippen MR) is 101 cm³/mol. The molecule has 1 unspecified atom stereocenters. The van der Waals surface area contributed by atoms with Gasteiger partial charge in [0.15, 0.2) is 0 Å². The van der Waals surface area contributed by atoms with Gasteiger partial charge in [0.1, 0.15) is 0 Å². The van der Waals surface area contributed by atoms with Crippen molar-refractivity contribution < 1.29 is 9.72 Å². The average molecular weight is 354 g/mol. The second-order valence-electron chi connectivity index (χ2n) is 6.54. The van der Waals surface area contributed by atoms with Crippen molar-refractivity contribution in [2.45, 2.75) is 19.4 Å². The number of hydrogen-bond donors (Lipinski definition) is 2. The van der Waals surface area contributed by atoms with Crippen molar-refractivity contribution in [2.24, 2.45) is 0 Å². The van der Waals surface area contributed by atoms with Gasteiger partial charge in [0.05, 0.1) is 11.5 Å². The van der Waals surface area contributed by atoms with E-state index in [-0.39, 0.29) is 18.1 Å². The molecule has 0 aliphatic carbocycles. The van der Waals surface area contributed by atoms with Gasteiger partial charge in [-0.3, -0.25) is 19.8 Å². The third kappa shape index (κ3) is 4.58. The number of nitro groups is 1. The van der Waals surface area contributed by atoms with E-state index < -0.39 is 4.92 Å². The van der Waals surface area contributed by atoms with Crippen LogP contribution in [0.15, 0.2) is 48.5 Å². The van der Waals surface area contributed by atoms with Crippen LogP contribution < -0.4 is 10.6 Å². The molecule has 7 nitrogen and oxygen atoms in total. The summed E-state index contributed by atoms with van der Waals surface area (Å²) in [4.78, 5) is 24.9. The van der Waals surface area contributed by atoms with Gasteiger partial charge in [0, 0.05) is 42.1 Å². The van der Waals surface area contributed by atoms with E-state index in [0.29, 0.717) is 17.3 Å². The number of aryl methyl sites for hydroxylation is 1. The van der Waals surface area contributed by atoms with Crippen LogP contribution in [0.3, 0.4) is 0 Å². The van der Waals surface area contributed by atoms with Crippen LogP contribution >= 0.6 is 0 Å². The number of carbonyl (C=O) groups is 1. The zero-order valence-electron chi connectivity index (χ0n) is 14.6. The van der Waals surface area contributed by atoms with Crippen LogP contribution in [-0.2, 0) is 4.79 Å². The summed E-state index contributed by atoms with van der Waals surface area (Å²) in [6.07, 6.45) is 0.970. The summed E-state index contributed by atoms with van der Waals surface area (Å²) in [6, 6.07) is 15.0. The average Bonchev–Trinajstić information content (AvgIpc) is 3.04. The fraction of sp³-hybridized carbons (Fsp3) is 0.316. The minimum Gasteiger partial charge on any atom is -0.381 e. The van der Waals surface area contributed by atoms with E-state index in [1.807, 2.05) is 30.3 Å². The van der Waals surface area contributed by atoms with Gasteiger partial charge in [-0.25, -0.2) is 0 Å². The number of hydrogen-bond acceptors (Lipinski definition) is 5. The van der Waals surface area contributed by atoms with Crippen LogP contribution in [0.5, 0.6) is 0 Å². The molecule has 2 N–H and O–H groups in total. The Labute approximate surface area is 152 Å². The van der Waals surface area contributed by atoms with Gasteiger partial charge < -0.3 is 10.6 Å². The maximum atomic E-state index is 12.3. The molecule has 136 valence electrons. The second kappa shape index (κ2) is 7.97. The Morgan fingerprint density at radius 3 is 2.73 bits per heavy atom. The van der Waals surface area contributed by atoms with Crippen LogP contribution in [0.2, 0.25) is 0 Å². The van der Waals surface area contributed by atoms with Crippen molar-refractivity contribution >= 4 is 23.0 Å². The number of likely N-dealkylation sites (tertiary alicyclic amines) is 1. The molecule has 1 heterocycles. The Hall–Kier alpha value is -2.93. The first kappa shape index (κ1) is 17.9. The monoisotopic (exact) mass is 354 g/mol. The van der Waals surface area contributed by atoms with E-state index in [9.17, 15) is 14.9 Å². The SMILES string of the molecule is Cc1ccc(NC(=O)CN2CCC(Nc3ccccc3)C2)cc1[N+](=O)[O-]. The molecule has 0 aromatic heterocycles. The van der Waals surface area contributed by atoms with Gasteiger partial charge in [-0.1, -0.05) is 24.3 Å². The molecule has 0 radical (unpaired) electrons. The number of nitrogens with one attached hydrogen (secondary N) is 2. The van der Waals surface area contributed by atoms with Crippen LogP contribution in [0, 0.1) is 17.0 Å². The highest BCUT2D eigenvalue weighted by Gasteiger charge is 2.24. The molecule has 1 atom stereocenters. The Morgan fingerprint density at radius 1 is 1.23 bits per heavy atom. The molecule has 26 heavy (non-hydrogen) atoms. The first-order valence-electron chi connectivity index (χ1n) is 8.60. The predicted octanol–water partition coefficient (Wildman–Crippen LogP) is 3.03. The summed E-state index contributed by atoms with van der Waals surface area (Å²) in [5, 5.41) is 17.2. The molecule has 2 aromatic rings. The number of carbonyl (C=O) groups excluding carboxylic acids is 1. The fourth-order valence-corrected chi connectivity index (χ4v) is 3.15. The highest BCUT2D eigenvalue weighted by molar-refractivity contribution is 5.92.